The average molecular weight is 512 g/mol. The highest BCUT2D eigenvalue weighted by molar-refractivity contribution is 6.04. The van der Waals surface area contributed by atoms with Crippen molar-refractivity contribution < 1.29 is 24.9 Å². The first kappa shape index (κ1) is 22.4. The molecular formula is C30H29N3O5. The number of aromatic nitrogens is 1. The molecule has 1 saturated carbocycles. The van der Waals surface area contributed by atoms with Crippen LogP contribution in [0.5, 0.6) is 11.5 Å². The van der Waals surface area contributed by atoms with Crippen LogP contribution >= 0.6 is 0 Å². The number of benzene rings is 2. The minimum absolute atomic E-state index is 0.00151. The fraction of sp³-hybridized carbons (Fsp3) is 0.400. The van der Waals surface area contributed by atoms with E-state index in [1.54, 1.807) is 12.1 Å². The van der Waals surface area contributed by atoms with Crippen molar-refractivity contribution >= 4 is 22.6 Å². The number of phenolic OH excluding ortho intramolecular Hbond substituents is 1. The Bertz CT molecular complexity index is 1560. The Balaban J connectivity index is 1.23. The number of piperidine rings is 1. The summed E-state index contributed by atoms with van der Waals surface area (Å²) in [5.74, 6) is 0.656. The van der Waals surface area contributed by atoms with E-state index in [0.717, 1.165) is 35.1 Å². The summed E-state index contributed by atoms with van der Waals surface area (Å²) in [6.07, 6.45) is 2.65. The molecule has 0 unspecified atom stereocenters. The van der Waals surface area contributed by atoms with E-state index in [9.17, 15) is 20.1 Å². The highest BCUT2D eigenvalue weighted by atomic mass is 16.5. The molecule has 194 valence electrons. The molecule has 3 heterocycles. The van der Waals surface area contributed by atoms with Gasteiger partial charge in [-0.2, -0.15) is 0 Å². The maximum atomic E-state index is 13.6. The second-order valence-electron chi connectivity index (χ2n) is 11.6. The summed E-state index contributed by atoms with van der Waals surface area (Å²) < 4.78 is 6.27. The predicted octanol–water partition coefficient (Wildman–Crippen LogP) is 3.57. The summed E-state index contributed by atoms with van der Waals surface area (Å²) in [5, 5.41) is 38.8. The number of likely N-dealkylation sites (tertiary alicyclic amines) is 1. The van der Waals surface area contributed by atoms with Crippen molar-refractivity contribution in [2.24, 2.45) is 5.92 Å². The Morgan fingerprint density at radius 1 is 1.13 bits per heavy atom. The molecule has 4 atom stereocenters. The van der Waals surface area contributed by atoms with Gasteiger partial charge < -0.3 is 25.4 Å². The van der Waals surface area contributed by atoms with Crippen molar-refractivity contribution in [1.82, 2.24) is 9.88 Å². The average Bonchev–Trinajstić information content (AvgIpc) is 3.65. The van der Waals surface area contributed by atoms with Crippen molar-refractivity contribution in [2.75, 3.05) is 18.4 Å². The van der Waals surface area contributed by atoms with Crippen LogP contribution in [-0.4, -0.2) is 61.9 Å². The van der Waals surface area contributed by atoms with Crippen molar-refractivity contribution in [1.29, 1.82) is 0 Å². The summed E-state index contributed by atoms with van der Waals surface area (Å²) in [5.41, 5.74) is 0.434. The number of carbonyl (C=O) groups excluding carboxylic acids is 1. The van der Waals surface area contributed by atoms with Crippen LogP contribution in [0.1, 0.15) is 36.8 Å². The highest BCUT2D eigenvalue weighted by Gasteiger charge is 2.73. The molecule has 8 heteroatoms. The summed E-state index contributed by atoms with van der Waals surface area (Å²) in [6, 6.07) is 14.6. The van der Waals surface area contributed by atoms with Crippen LogP contribution in [0.2, 0.25) is 0 Å². The monoisotopic (exact) mass is 511 g/mol. The number of ether oxygens (including phenoxy) is 1. The van der Waals surface area contributed by atoms with Crippen LogP contribution in [-0.2, 0) is 16.6 Å². The molecule has 2 bridgehead atoms. The summed E-state index contributed by atoms with van der Waals surface area (Å²) in [7, 11) is 0. The summed E-state index contributed by atoms with van der Waals surface area (Å²) in [4.78, 5) is 20.6. The third kappa shape index (κ3) is 2.82. The van der Waals surface area contributed by atoms with Crippen LogP contribution in [0.25, 0.3) is 10.9 Å². The Kier molecular flexibility index (Phi) is 4.41. The Labute approximate surface area is 219 Å². The Morgan fingerprint density at radius 3 is 2.82 bits per heavy atom. The number of fused-ring (bicyclic) bond motifs is 1. The van der Waals surface area contributed by atoms with Crippen LogP contribution in [0.15, 0.2) is 59.9 Å². The lowest BCUT2D eigenvalue weighted by atomic mass is 9.49. The van der Waals surface area contributed by atoms with Crippen LogP contribution in [0, 0.1) is 5.92 Å². The van der Waals surface area contributed by atoms with Crippen molar-refractivity contribution in [3.05, 3.63) is 71.0 Å². The number of hydrogen-bond donors (Lipinski definition) is 4. The first-order valence-electron chi connectivity index (χ1n) is 13.5. The van der Waals surface area contributed by atoms with Crippen molar-refractivity contribution in [3.63, 3.8) is 0 Å². The zero-order valence-electron chi connectivity index (χ0n) is 20.9. The standard InChI is InChI=1S/C30H29N3O5/c34-21-9-7-18-13-22-30(37)14-19(28(36)32-23-10-8-17-3-1-2-4-20(17)31-23)25(35)27-29(30,24(18)26(21)38-27)11-12-33(22)15-16-5-6-16/h1-4,7-10,16,22,27,34-35,37H,5-6,11-15H2,(H,31,32,36)/t22-,27+,29+,30-/m1/s1. The molecule has 2 fully saturated rings. The third-order valence-corrected chi connectivity index (χ3v) is 9.63. The molecule has 1 amide bonds. The van der Waals surface area contributed by atoms with Gasteiger partial charge in [0.25, 0.3) is 5.91 Å². The number of aliphatic hydroxyl groups excluding tert-OH is 1. The molecule has 38 heavy (non-hydrogen) atoms. The second-order valence-corrected chi connectivity index (χ2v) is 11.6. The van der Waals surface area contributed by atoms with Gasteiger partial charge in [0.1, 0.15) is 11.6 Å². The minimum atomic E-state index is -1.34. The van der Waals surface area contributed by atoms with Gasteiger partial charge >= 0.3 is 0 Å². The van der Waals surface area contributed by atoms with E-state index in [0.29, 0.717) is 30.3 Å². The van der Waals surface area contributed by atoms with Gasteiger partial charge in [0.05, 0.1) is 22.1 Å². The number of carbonyl (C=O) groups is 1. The Morgan fingerprint density at radius 2 is 1.97 bits per heavy atom. The molecule has 1 aromatic heterocycles. The number of para-hydroxylation sites is 1. The SMILES string of the molecule is O=C(Nc1ccc2ccccc2n1)C1=C(O)[C@@H]2Oc3c(O)ccc4c3[C@@]23CCN(CC2CC2)[C@H](C4)[C@]3(O)C1. The molecule has 8 nitrogen and oxygen atoms in total. The fourth-order valence-corrected chi connectivity index (χ4v) is 7.70. The zero-order valence-corrected chi connectivity index (χ0v) is 20.9. The van der Waals surface area contributed by atoms with Crippen molar-refractivity contribution in [3.8, 4) is 11.5 Å². The molecule has 2 aromatic carbocycles. The number of hydrogen-bond acceptors (Lipinski definition) is 7. The number of nitrogens with one attached hydrogen (secondary N) is 1. The number of pyridine rings is 1. The minimum Gasteiger partial charge on any atom is -0.508 e. The van der Waals surface area contributed by atoms with Gasteiger partial charge in [-0.15, -0.1) is 0 Å². The van der Waals surface area contributed by atoms with Crippen molar-refractivity contribution in [2.45, 2.75) is 55.3 Å². The van der Waals surface area contributed by atoms with Gasteiger partial charge in [-0.05, 0) is 68.0 Å². The second kappa shape index (κ2) is 7.48. The summed E-state index contributed by atoms with van der Waals surface area (Å²) in [6.45, 7) is 1.70. The number of amides is 1. The van der Waals surface area contributed by atoms with Gasteiger partial charge in [0.2, 0.25) is 0 Å². The molecule has 2 aliphatic heterocycles. The van der Waals surface area contributed by atoms with E-state index in [1.165, 1.54) is 12.8 Å². The lowest BCUT2D eigenvalue weighted by Gasteiger charge is -2.62. The lowest BCUT2D eigenvalue weighted by Crippen LogP contribution is -2.75. The van der Waals surface area contributed by atoms with E-state index in [-0.39, 0.29) is 29.5 Å². The predicted molar refractivity (Wildman–Crippen MR) is 140 cm³/mol. The highest BCUT2D eigenvalue weighted by Crippen LogP contribution is 2.66. The Hall–Kier alpha value is -3.62. The molecule has 0 radical (unpaired) electrons. The number of phenols is 1. The summed E-state index contributed by atoms with van der Waals surface area (Å²) >= 11 is 0. The molecular weight excluding hydrogens is 482 g/mol. The number of nitrogens with zero attached hydrogens (tertiary/aromatic N) is 2. The lowest BCUT2D eigenvalue weighted by molar-refractivity contribution is -0.172. The first-order valence-corrected chi connectivity index (χ1v) is 13.5. The van der Waals surface area contributed by atoms with Gasteiger partial charge in [-0.1, -0.05) is 24.3 Å². The fourth-order valence-electron chi connectivity index (χ4n) is 7.70. The largest absolute Gasteiger partial charge is 0.508 e. The molecule has 3 aliphatic carbocycles. The van der Waals surface area contributed by atoms with Crippen LogP contribution in [0.4, 0.5) is 5.82 Å². The molecule has 8 rings (SSSR count). The van der Waals surface area contributed by atoms with Gasteiger partial charge in [-0.25, -0.2) is 4.98 Å². The van der Waals surface area contributed by atoms with E-state index in [2.05, 4.69) is 15.2 Å². The van der Waals surface area contributed by atoms with Crippen LogP contribution in [0.3, 0.4) is 0 Å². The molecule has 1 spiro atoms. The molecule has 1 saturated heterocycles. The molecule has 4 N–H and O–H groups in total. The normalized spacial score (nSPS) is 31.2. The topological polar surface area (TPSA) is 115 Å². The number of rotatable bonds is 4. The van der Waals surface area contributed by atoms with E-state index in [4.69, 9.17) is 4.74 Å². The van der Waals surface area contributed by atoms with E-state index in [1.807, 2.05) is 36.4 Å². The number of aromatic hydroxyl groups is 1. The van der Waals surface area contributed by atoms with E-state index < -0.39 is 23.0 Å². The quantitative estimate of drug-likeness (QED) is 0.423. The maximum Gasteiger partial charge on any atom is 0.256 e. The van der Waals surface area contributed by atoms with Crippen LogP contribution < -0.4 is 10.1 Å². The number of aliphatic hydroxyl groups is 2. The van der Waals surface area contributed by atoms with Gasteiger partial charge in [0, 0.05) is 30.0 Å². The van der Waals surface area contributed by atoms with Gasteiger partial charge in [-0.3, -0.25) is 9.69 Å². The van der Waals surface area contributed by atoms with E-state index >= 15 is 0 Å². The smallest absolute Gasteiger partial charge is 0.256 e. The first-order chi connectivity index (χ1) is 18.4. The maximum absolute atomic E-state index is 13.6. The zero-order chi connectivity index (χ0) is 25.8. The molecule has 3 aromatic rings. The number of anilines is 1. The van der Waals surface area contributed by atoms with Gasteiger partial charge in [0.15, 0.2) is 17.6 Å². The third-order valence-electron chi connectivity index (χ3n) is 9.63. The molecule has 5 aliphatic rings.